The lowest BCUT2D eigenvalue weighted by Crippen LogP contribution is -2.28. The van der Waals surface area contributed by atoms with Crippen LogP contribution in [0.2, 0.25) is 0 Å². The van der Waals surface area contributed by atoms with Gasteiger partial charge in [-0.25, -0.2) is 0 Å². The molecule has 4 nitrogen and oxygen atoms in total. The van der Waals surface area contributed by atoms with Gasteiger partial charge in [-0.3, -0.25) is 9.59 Å². The molecule has 4 heteroatoms. The SMILES string of the molecule is CCCCCCCOC(=O)C1CCC(C(=O)OCCCCCCCC(C)C)CC1. The predicted octanol–water partition coefficient (Wildman–Crippen LogP) is 6.85. The molecular weight excluding hydrogens is 364 g/mol. The number of hydrogen-bond donors (Lipinski definition) is 0. The van der Waals surface area contributed by atoms with Gasteiger partial charge in [-0.1, -0.05) is 78.6 Å². The molecule has 1 aliphatic carbocycles. The van der Waals surface area contributed by atoms with Crippen LogP contribution in [-0.4, -0.2) is 25.2 Å². The first-order valence-electron chi connectivity index (χ1n) is 12.4. The van der Waals surface area contributed by atoms with E-state index in [0.717, 1.165) is 57.3 Å². The van der Waals surface area contributed by atoms with Crippen LogP contribution in [-0.2, 0) is 19.1 Å². The lowest BCUT2D eigenvalue weighted by Gasteiger charge is -2.26. The van der Waals surface area contributed by atoms with E-state index in [1.165, 1.54) is 44.9 Å². The second-order valence-electron chi connectivity index (χ2n) is 9.25. The van der Waals surface area contributed by atoms with Crippen molar-refractivity contribution in [1.82, 2.24) is 0 Å². The Balaban J connectivity index is 2.02. The second kappa shape index (κ2) is 16.7. The number of unbranched alkanes of at least 4 members (excludes halogenated alkanes) is 8. The number of esters is 2. The van der Waals surface area contributed by atoms with E-state index in [1.54, 1.807) is 0 Å². The third-order valence-corrected chi connectivity index (χ3v) is 6.06. The van der Waals surface area contributed by atoms with E-state index in [9.17, 15) is 9.59 Å². The summed E-state index contributed by atoms with van der Waals surface area (Å²) >= 11 is 0. The minimum atomic E-state index is -0.0650. The van der Waals surface area contributed by atoms with Gasteiger partial charge in [0.2, 0.25) is 0 Å². The minimum Gasteiger partial charge on any atom is -0.465 e. The standard InChI is InChI=1S/C25H46O4/c1-4-5-6-9-12-19-28-24(26)22-15-17-23(18-16-22)25(27)29-20-13-10-7-8-11-14-21(2)3/h21-23H,4-20H2,1-3H3. The van der Waals surface area contributed by atoms with Crippen molar-refractivity contribution >= 4 is 11.9 Å². The van der Waals surface area contributed by atoms with E-state index >= 15 is 0 Å². The van der Waals surface area contributed by atoms with E-state index < -0.39 is 0 Å². The summed E-state index contributed by atoms with van der Waals surface area (Å²) in [6.45, 7) is 7.82. The third-order valence-electron chi connectivity index (χ3n) is 6.06. The summed E-state index contributed by atoms with van der Waals surface area (Å²) in [6, 6.07) is 0. The zero-order valence-corrected chi connectivity index (χ0v) is 19.4. The van der Waals surface area contributed by atoms with E-state index in [2.05, 4.69) is 20.8 Å². The molecule has 0 saturated heterocycles. The molecule has 0 radical (unpaired) electrons. The molecule has 1 aliphatic rings. The summed E-state index contributed by atoms with van der Waals surface area (Å²) in [7, 11) is 0. The van der Waals surface area contributed by atoms with Crippen molar-refractivity contribution in [2.75, 3.05) is 13.2 Å². The molecule has 0 amide bonds. The highest BCUT2D eigenvalue weighted by molar-refractivity contribution is 5.75. The van der Waals surface area contributed by atoms with Crippen LogP contribution in [0.1, 0.15) is 117 Å². The van der Waals surface area contributed by atoms with Crippen LogP contribution < -0.4 is 0 Å². The van der Waals surface area contributed by atoms with Crippen molar-refractivity contribution in [3.8, 4) is 0 Å². The largest absolute Gasteiger partial charge is 0.465 e. The Hall–Kier alpha value is -1.06. The summed E-state index contributed by atoms with van der Waals surface area (Å²) in [5, 5.41) is 0. The van der Waals surface area contributed by atoms with Crippen molar-refractivity contribution in [2.24, 2.45) is 17.8 Å². The van der Waals surface area contributed by atoms with Crippen molar-refractivity contribution in [3.63, 3.8) is 0 Å². The van der Waals surface area contributed by atoms with Crippen LogP contribution in [0.15, 0.2) is 0 Å². The molecule has 0 unspecified atom stereocenters. The average molecular weight is 411 g/mol. The molecule has 0 aromatic rings. The van der Waals surface area contributed by atoms with Gasteiger partial charge in [0.1, 0.15) is 0 Å². The normalized spacial score (nSPS) is 19.3. The lowest BCUT2D eigenvalue weighted by atomic mass is 9.82. The highest BCUT2D eigenvalue weighted by atomic mass is 16.5. The molecule has 0 spiro atoms. The molecule has 1 saturated carbocycles. The summed E-state index contributed by atoms with van der Waals surface area (Å²) in [6.07, 6.45) is 16.1. The first-order chi connectivity index (χ1) is 14.0. The zero-order chi connectivity index (χ0) is 21.3. The number of rotatable bonds is 16. The summed E-state index contributed by atoms with van der Waals surface area (Å²) in [5.74, 6) is 0.612. The third kappa shape index (κ3) is 13.0. The van der Waals surface area contributed by atoms with Crippen LogP contribution in [0, 0.1) is 17.8 Å². The lowest BCUT2D eigenvalue weighted by molar-refractivity contribution is -0.155. The van der Waals surface area contributed by atoms with Gasteiger partial charge in [0.05, 0.1) is 25.0 Å². The van der Waals surface area contributed by atoms with Crippen LogP contribution in [0.3, 0.4) is 0 Å². The molecule has 29 heavy (non-hydrogen) atoms. The van der Waals surface area contributed by atoms with Gasteiger partial charge in [0.25, 0.3) is 0 Å². The fraction of sp³-hybridized carbons (Fsp3) is 0.920. The molecule has 0 atom stereocenters. The second-order valence-corrected chi connectivity index (χ2v) is 9.25. The highest BCUT2D eigenvalue weighted by Crippen LogP contribution is 2.30. The van der Waals surface area contributed by atoms with Gasteiger partial charge in [0.15, 0.2) is 0 Å². The van der Waals surface area contributed by atoms with E-state index in [0.29, 0.717) is 13.2 Å². The summed E-state index contributed by atoms with van der Waals surface area (Å²) in [5.41, 5.74) is 0. The average Bonchev–Trinajstić information content (AvgIpc) is 2.72. The number of carbonyl (C=O) groups excluding carboxylic acids is 2. The van der Waals surface area contributed by atoms with Crippen molar-refractivity contribution in [3.05, 3.63) is 0 Å². The topological polar surface area (TPSA) is 52.6 Å². The molecular formula is C25H46O4. The zero-order valence-electron chi connectivity index (χ0n) is 19.4. The van der Waals surface area contributed by atoms with Gasteiger partial charge >= 0.3 is 11.9 Å². The summed E-state index contributed by atoms with van der Waals surface area (Å²) in [4.78, 5) is 24.4. The Morgan fingerprint density at radius 3 is 1.55 bits per heavy atom. The van der Waals surface area contributed by atoms with Gasteiger partial charge in [-0.05, 0) is 44.4 Å². The number of ether oxygens (including phenoxy) is 2. The van der Waals surface area contributed by atoms with E-state index in [-0.39, 0.29) is 23.8 Å². The van der Waals surface area contributed by atoms with Gasteiger partial charge in [-0.15, -0.1) is 0 Å². The van der Waals surface area contributed by atoms with E-state index in [4.69, 9.17) is 9.47 Å². The van der Waals surface area contributed by atoms with Crippen molar-refractivity contribution in [2.45, 2.75) is 117 Å². The van der Waals surface area contributed by atoms with Crippen LogP contribution in [0.25, 0.3) is 0 Å². The Kier molecular flexibility index (Phi) is 15.0. The molecule has 1 rings (SSSR count). The van der Waals surface area contributed by atoms with Crippen molar-refractivity contribution < 1.29 is 19.1 Å². The number of hydrogen-bond acceptors (Lipinski definition) is 4. The monoisotopic (exact) mass is 410 g/mol. The molecule has 0 heterocycles. The first-order valence-corrected chi connectivity index (χ1v) is 12.4. The molecule has 1 fully saturated rings. The molecule has 0 N–H and O–H groups in total. The first kappa shape index (κ1) is 26.0. The maximum Gasteiger partial charge on any atom is 0.308 e. The van der Waals surface area contributed by atoms with Crippen molar-refractivity contribution in [1.29, 1.82) is 0 Å². The highest BCUT2D eigenvalue weighted by Gasteiger charge is 2.31. The molecule has 0 aromatic heterocycles. The van der Waals surface area contributed by atoms with Gasteiger partial charge < -0.3 is 9.47 Å². The maximum atomic E-state index is 12.2. The quantitative estimate of drug-likeness (QED) is 0.206. The van der Waals surface area contributed by atoms with Crippen LogP contribution in [0.5, 0.6) is 0 Å². The molecule has 0 aliphatic heterocycles. The van der Waals surface area contributed by atoms with Gasteiger partial charge in [-0.2, -0.15) is 0 Å². The Morgan fingerprint density at radius 2 is 1.10 bits per heavy atom. The van der Waals surface area contributed by atoms with Gasteiger partial charge in [0, 0.05) is 0 Å². The predicted molar refractivity (Wildman–Crippen MR) is 119 cm³/mol. The summed E-state index contributed by atoms with van der Waals surface area (Å²) < 4.78 is 10.9. The Bertz CT molecular complexity index is 425. The Labute approximate surface area is 179 Å². The fourth-order valence-electron chi connectivity index (χ4n) is 4.04. The Morgan fingerprint density at radius 1 is 0.690 bits per heavy atom. The molecule has 0 aromatic carbocycles. The van der Waals surface area contributed by atoms with E-state index in [1.807, 2.05) is 0 Å². The number of carbonyl (C=O) groups is 2. The van der Waals surface area contributed by atoms with Crippen LogP contribution in [0.4, 0.5) is 0 Å². The molecule has 170 valence electrons. The fourth-order valence-corrected chi connectivity index (χ4v) is 4.04. The molecule has 0 bridgehead atoms. The minimum absolute atomic E-state index is 0.0273. The van der Waals surface area contributed by atoms with Crippen LogP contribution >= 0.6 is 0 Å². The maximum absolute atomic E-state index is 12.2. The smallest absolute Gasteiger partial charge is 0.308 e.